The van der Waals surface area contributed by atoms with Gasteiger partial charge in [-0.25, -0.2) is 0 Å². The molecule has 0 aliphatic heterocycles. The Morgan fingerprint density at radius 3 is 2.61 bits per heavy atom. The van der Waals surface area contributed by atoms with E-state index in [0.29, 0.717) is 0 Å². The summed E-state index contributed by atoms with van der Waals surface area (Å²) in [6.45, 7) is 5.42. The van der Waals surface area contributed by atoms with Crippen LogP contribution in [0.1, 0.15) is 31.4 Å². The largest absolute Gasteiger partial charge is 0.465 e. The highest BCUT2D eigenvalue weighted by molar-refractivity contribution is 5.93. The van der Waals surface area contributed by atoms with Gasteiger partial charge in [0.15, 0.2) is 0 Å². The zero-order valence-corrected chi connectivity index (χ0v) is 10.6. The molecule has 0 aromatic carbocycles. The molecule has 8 nitrogen and oxygen atoms in total. The predicted molar refractivity (Wildman–Crippen MR) is 63.6 cm³/mol. The summed E-state index contributed by atoms with van der Waals surface area (Å²) in [7, 11) is 0. The molecule has 1 rings (SSSR count). The van der Waals surface area contributed by atoms with E-state index in [-0.39, 0.29) is 31.0 Å². The van der Waals surface area contributed by atoms with Crippen LogP contribution in [0.3, 0.4) is 0 Å². The van der Waals surface area contributed by atoms with Crippen LogP contribution < -0.4 is 5.73 Å². The second kappa shape index (κ2) is 5.99. The Hall–Kier alpha value is -2.12. The number of nitrogen functional groups attached to an aromatic ring is 1. The Labute approximate surface area is 105 Å². The van der Waals surface area contributed by atoms with E-state index in [0.717, 1.165) is 0 Å². The van der Waals surface area contributed by atoms with Crippen molar-refractivity contribution in [2.24, 2.45) is 0 Å². The third-order valence-electron chi connectivity index (χ3n) is 2.19. The Balaban J connectivity index is 2.79. The number of rotatable bonds is 5. The molecule has 0 saturated heterocycles. The van der Waals surface area contributed by atoms with Gasteiger partial charge in [0, 0.05) is 6.04 Å². The van der Waals surface area contributed by atoms with Crippen LogP contribution in [0.4, 0.5) is 5.95 Å². The van der Waals surface area contributed by atoms with Crippen LogP contribution in [-0.4, -0.2) is 51.2 Å². The van der Waals surface area contributed by atoms with E-state index in [1.165, 1.54) is 4.90 Å². The smallest absolute Gasteiger partial charge is 0.325 e. The Kier molecular flexibility index (Phi) is 4.64. The maximum Gasteiger partial charge on any atom is 0.325 e. The quantitative estimate of drug-likeness (QED) is 0.704. The number of anilines is 1. The summed E-state index contributed by atoms with van der Waals surface area (Å²) in [5, 5.41) is 5.99. The molecule has 0 saturated carbocycles. The lowest BCUT2D eigenvalue weighted by molar-refractivity contribution is -0.144. The topological polar surface area (TPSA) is 114 Å². The lowest BCUT2D eigenvalue weighted by Crippen LogP contribution is -2.41. The Morgan fingerprint density at radius 2 is 2.17 bits per heavy atom. The molecule has 1 aromatic rings. The molecule has 0 bridgehead atoms. The van der Waals surface area contributed by atoms with Gasteiger partial charge in [-0.15, -0.1) is 5.10 Å². The SMILES string of the molecule is CCOC(=O)CN(C(=O)c1nc(N)n[nH]1)C(C)C. The van der Waals surface area contributed by atoms with Crippen LogP contribution >= 0.6 is 0 Å². The first-order chi connectivity index (χ1) is 8.45. The van der Waals surface area contributed by atoms with Crippen molar-refractivity contribution >= 4 is 17.8 Å². The first-order valence-electron chi connectivity index (χ1n) is 5.60. The molecule has 1 heterocycles. The van der Waals surface area contributed by atoms with E-state index in [2.05, 4.69) is 15.2 Å². The van der Waals surface area contributed by atoms with Crippen molar-refractivity contribution in [3.05, 3.63) is 5.82 Å². The normalized spacial score (nSPS) is 10.4. The zero-order chi connectivity index (χ0) is 13.7. The van der Waals surface area contributed by atoms with Crippen molar-refractivity contribution in [2.75, 3.05) is 18.9 Å². The van der Waals surface area contributed by atoms with Crippen LogP contribution in [-0.2, 0) is 9.53 Å². The van der Waals surface area contributed by atoms with Crippen LogP contribution in [0.5, 0.6) is 0 Å². The maximum absolute atomic E-state index is 12.1. The molecule has 100 valence electrons. The number of carbonyl (C=O) groups is 2. The minimum Gasteiger partial charge on any atom is -0.465 e. The van der Waals surface area contributed by atoms with Crippen molar-refractivity contribution < 1.29 is 14.3 Å². The molecular weight excluding hydrogens is 238 g/mol. The number of hydrogen-bond donors (Lipinski definition) is 2. The van der Waals surface area contributed by atoms with Gasteiger partial charge in [-0.3, -0.25) is 14.7 Å². The summed E-state index contributed by atoms with van der Waals surface area (Å²) in [5.41, 5.74) is 5.33. The minimum atomic E-state index is -0.466. The number of esters is 1. The maximum atomic E-state index is 12.1. The third-order valence-corrected chi connectivity index (χ3v) is 2.19. The second-order valence-corrected chi connectivity index (χ2v) is 3.87. The van der Waals surface area contributed by atoms with E-state index in [1.807, 2.05) is 0 Å². The van der Waals surface area contributed by atoms with Gasteiger partial charge in [-0.1, -0.05) is 0 Å². The molecule has 0 fully saturated rings. The van der Waals surface area contributed by atoms with Crippen molar-refractivity contribution in [2.45, 2.75) is 26.8 Å². The number of nitrogens with two attached hydrogens (primary N) is 1. The molecular formula is C10H17N5O3. The van der Waals surface area contributed by atoms with Crippen LogP contribution in [0.2, 0.25) is 0 Å². The van der Waals surface area contributed by atoms with Gasteiger partial charge in [0.2, 0.25) is 11.8 Å². The average Bonchev–Trinajstić information content (AvgIpc) is 2.72. The van der Waals surface area contributed by atoms with Gasteiger partial charge in [0.05, 0.1) is 6.61 Å². The van der Waals surface area contributed by atoms with Crippen molar-refractivity contribution in [1.82, 2.24) is 20.1 Å². The van der Waals surface area contributed by atoms with Crippen LogP contribution in [0, 0.1) is 0 Å². The van der Waals surface area contributed by atoms with Crippen molar-refractivity contribution in [3.8, 4) is 0 Å². The lowest BCUT2D eigenvalue weighted by Gasteiger charge is -2.24. The Bertz CT molecular complexity index is 429. The number of nitrogens with one attached hydrogen (secondary N) is 1. The third kappa shape index (κ3) is 3.44. The number of amides is 1. The highest BCUT2D eigenvalue weighted by Crippen LogP contribution is 2.05. The van der Waals surface area contributed by atoms with Gasteiger partial charge in [-0.2, -0.15) is 4.98 Å². The molecule has 8 heteroatoms. The Morgan fingerprint density at radius 1 is 1.50 bits per heavy atom. The number of carbonyl (C=O) groups excluding carboxylic acids is 2. The zero-order valence-electron chi connectivity index (χ0n) is 10.6. The molecule has 0 spiro atoms. The van der Waals surface area contributed by atoms with E-state index in [1.54, 1.807) is 20.8 Å². The standard InChI is InChI=1S/C10H17N5O3/c1-4-18-7(16)5-15(6(2)3)9(17)8-12-10(11)14-13-8/h6H,4-5H2,1-3H3,(H3,11,12,13,14). The van der Waals surface area contributed by atoms with E-state index in [9.17, 15) is 9.59 Å². The fraction of sp³-hybridized carbons (Fsp3) is 0.600. The first kappa shape index (κ1) is 13.9. The van der Waals surface area contributed by atoms with E-state index in [4.69, 9.17) is 10.5 Å². The molecule has 0 aliphatic carbocycles. The number of ether oxygens (including phenoxy) is 1. The van der Waals surface area contributed by atoms with E-state index >= 15 is 0 Å². The highest BCUT2D eigenvalue weighted by Gasteiger charge is 2.24. The van der Waals surface area contributed by atoms with Crippen LogP contribution in [0.15, 0.2) is 0 Å². The summed E-state index contributed by atoms with van der Waals surface area (Å²) in [4.78, 5) is 28.5. The van der Waals surface area contributed by atoms with Gasteiger partial charge < -0.3 is 15.4 Å². The van der Waals surface area contributed by atoms with E-state index < -0.39 is 11.9 Å². The number of nitrogens with zero attached hydrogens (tertiary/aromatic N) is 3. The molecule has 0 unspecified atom stereocenters. The molecule has 18 heavy (non-hydrogen) atoms. The number of hydrogen-bond acceptors (Lipinski definition) is 6. The summed E-state index contributed by atoms with van der Waals surface area (Å²) >= 11 is 0. The molecule has 3 N–H and O–H groups in total. The molecule has 1 amide bonds. The number of aromatic amines is 1. The fourth-order valence-electron chi connectivity index (χ4n) is 1.34. The summed E-state index contributed by atoms with van der Waals surface area (Å²) in [5.74, 6) is -0.919. The monoisotopic (exact) mass is 255 g/mol. The number of aromatic nitrogens is 3. The molecule has 0 aliphatic rings. The lowest BCUT2D eigenvalue weighted by atomic mass is 10.3. The van der Waals surface area contributed by atoms with Crippen molar-refractivity contribution in [3.63, 3.8) is 0 Å². The summed E-state index contributed by atoms with van der Waals surface area (Å²) in [6, 6.07) is -0.173. The summed E-state index contributed by atoms with van der Waals surface area (Å²) in [6.07, 6.45) is 0. The van der Waals surface area contributed by atoms with Gasteiger partial charge in [-0.05, 0) is 20.8 Å². The minimum absolute atomic E-state index is 0.00509. The van der Waals surface area contributed by atoms with Gasteiger partial charge in [0.25, 0.3) is 5.91 Å². The summed E-state index contributed by atoms with van der Waals surface area (Å²) < 4.78 is 4.81. The predicted octanol–water partition coefficient (Wildman–Crippen LogP) is -0.199. The molecule has 0 radical (unpaired) electrons. The average molecular weight is 255 g/mol. The molecule has 0 atom stereocenters. The van der Waals surface area contributed by atoms with Crippen molar-refractivity contribution in [1.29, 1.82) is 0 Å². The first-order valence-corrected chi connectivity index (χ1v) is 5.60. The fourth-order valence-corrected chi connectivity index (χ4v) is 1.34. The highest BCUT2D eigenvalue weighted by atomic mass is 16.5. The number of H-pyrrole nitrogens is 1. The molecule has 1 aromatic heterocycles. The second-order valence-electron chi connectivity index (χ2n) is 3.87. The van der Waals surface area contributed by atoms with Gasteiger partial charge >= 0.3 is 5.97 Å². The van der Waals surface area contributed by atoms with Crippen LogP contribution in [0.25, 0.3) is 0 Å². The van der Waals surface area contributed by atoms with Gasteiger partial charge in [0.1, 0.15) is 6.54 Å².